The highest BCUT2D eigenvalue weighted by Crippen LogP contribution is 2.25. The topological polar surface area (TPSA) is 105 Å². The van der Waals surface area contributed by atoms with E-state index in [9.17, 15) is 18.0 Å². The standard InChI is InChI=1S/C15H18N2O5S/c18-14(16-10-6-8-23(20,21)9-10)11-4-5-12(17-15(11)19)13-3-1-2-7-22-13/h4-6,8,10,13H,1-3,7,9H2,(H,16,18)(H,17,19). The molecule has 1 fully saturated rings. The van der Waals surface area contributed by atoms with Crippen LogP contribution in [0.5, 0.6) is 0 Å². The van der Waals surface area contributed by atoms with Crippen molar-refractivity contribution in [3.63, 3.8) is 0 Å². The molecule has 124 valence electrons. The van der Waals surface area contributed by atoms with Gasteiger partial charge in [0.05, 0.1) is 17.9 Å². The first-order valence-corrected chi connectivity index (χ1v) is 9.23. The van der Waals surface area contributed by atoms with Crippen molar-refractivity contribution in [2.24, 2.45) is 0 Å². The first kappa shape index (κ1) is 15.9. The maximum absolute atomic E-state index is 12.1. The molecule has 0 aliphatic carbocycles. The molecule has 3 heterocycles. The number of carbonyl (C=O) groups is 1. The van der Waals surface area contributed by atoms with Crippen LogP contribution in [-0.2, 0) is 14.6 Å². The molecule has 3 rings (SSSR count). The molecule has 1 saturated heterocycles. The summed E-state index contributed by atoms with van der Waals surface area (Å²) in [6.07, 6.45) is 4.16. The molecule has 2 N–H and O–H groups in total. The van der Waals surface area contributed by atoms with Gasteiger partial charge in [-0.15, -0.1) is 0 Å². The number of nitrogens with one attached hydrogen (secondary N) is 2. The Morgan fingerprint density at radius 3 is 2.74 bits per heavy atom. The quantitative estimate of drug-likeness (QED) is 0.842. The lowest BCUT2D eigenvalue weighted by atomic mass is 10.1. The van der Waals surface area contributed by atoms with Gasteiger partial charge in [-0.1, -0.05) is 0 Å². The minimum atomic E-state index is -3.25. The van der Waals surface area contributed by atoms with Gasteiger partial charge in [0.25, 0.3) is 11.5 Å². The summed E-state index contributed by atoms with van der Waals surface area (Å²) < 4.78 is 28.3. The first-order valence-electron chi connectivity index (χ1n) is 7.51. The van der Waals surface area contributed by atoms with Crippen LogP contribution in [0.3, 0.4) is 0 Å². The van der Waals surface area contributed by atoms with Crippen LogP contribution in [0.25, 0.3) is 0 Å². The molecule has 23 heavy (non-hydrogen) atoms. The lowest BCUT2D eigenvalue weighted by Gasteiger charge is -2.22. The van der Waals surface area contributed by atoms with Crippen molar-refractivity contribution in [3.05, 3.63) is 45.2 Å². The van der Waals surface area contributed by atoms with E-state index < -0.39 is 27.3 Å². The van der Waals surface area contributed by atoms with Crippen molar-refractivity contribution < 1.29 is 17.9 Å². The fraction of sp³-hybridized carbons (Fsp3) is 0.467. The number of carbonyl (C=O) groups excluding carboxylic acids is 1. The number of aromatic amines is 1. The van der Waals surface area contributed by atoms with Gasteiger partial charge < -0.3 is 15.0 Å². The number of rotatable bonds is 3. The molecular weight excluding hydrogens is 320 g/mol. The van der Waals surface area contributed by atoms with Gasteiger partial charge in [0, 0.05) is 17.7 Å². The second-order valence-corrected chi connectivity index (χ2v) is 7.68. The largest absolute Gasteiger partial charge is 0.372 e. The lowest BCUT2D eigenvalue weighted by Crippen LogP contribution is -2.38. The predicted octanol–water partition coefficient (Wildman–Crippen LogP) is 0.657. The molecular formula is C15H18N2O5S. The minimum absolute atomic E-state index is 0.0396. The molecule has 0 saturated carbocycles. The summed E-state index contributed by atoms with van der Waals surface area (Å²) in [5.41, 5.74) is 0.121. The molecule has 0 spiro atoms. The summed E-state index contributed by atoms with van der Waals surface area (Å²) in [4.78, 5) is 26.9. The molecule has 2 atom stereocenters. The first-order chi connectivity index (χ1) is 10.9. The predicted molar refractivity (Wildman–Crippen MR) is 83.8 cm³/mol. The second kappa shape index (κ2) is 6.29. The highest BCUT2D eigenvalue weighted by molar-refractivity contribution is 7.94. The number of hydrogen-bond donors (Lipinski definition) is 2. The van der Waals surface area contributed by atoms with Crippen LogP contribution in [0.1, 0.15) is 41.4 Å². The van der Waals surface area contributed by atoms with Gasteiger partial charge in [-0.05, 0) is 37.5 Å². The normalized spacial score (nSPS) is 26.1. The van der Waals surface area contributed by atoms with E-state index in [-0.39, 0.29) is 17.4 Å². The van der Waals surface area contributed by atoms with E-state index in [1.807, 2.05) is 0 Å². The Hall–Kier alpha value is -1.93. The van der Waals surface area contributed by atoms with E-state index in [4.69, 9.17) is 4.74 Å². The Morgan fingerprint density at radius 1 is 1.30 bits per heavy atom. The molecule has 7 nitrogen and oxygen atoms in total. The van der Waals surface area contributed by atoms with Crippen LogP contribution in [0.2, 0.25) is 0 Å². The SMILES string of the molecule is O=C(NC1C=CS(=O)(=O)C1)c1ccc(C2CCCCO2)[nH]c1=O. The van der Waals surface area contributed by atoms with Crippen LogP contribution in [-0.4, -0.2) is 37.7 Å². The average molecular weight is 338 g/mol. The van der Waals surface area contributed by atoms with Gasteiger partial charge in [0.2, 0.25) is 0 Å². The maximum atomic E-state index is 12.1. The van der Waals surface area contributed by atoms with E-state index in [1.54, 1.807) is 6.07 Å². The Kier molecular flexibility index (Phi) is 4.36. The number of H-pyrrole nitrogens is 1. The van der Waals surface area contributed by atoms with Crippen LogP contribution < -0.4 is 10.9 Å². The second-order valence-electron chi connectivity index (χ2n) is 5.75. The highest BCUT2D eigenvalue weighted by atomic mass is 32.2. The summed E-state index contributed by atoms with van der Waals surface area (Å²) in [6, 6.07) is 2.52. The molecule has 2 aliphatic rings. The molecule has 0 bridgehead atoms. The molecule has 8 heteroatoms. The van der Waals surface area contributed by atoms with Crippen molar-refractivity contribution in [2.75, 3.05) is 12.4 Å². The van der Waals surface area contributed by atoms with Crippen LogP contribution in [0, 0.1) is 0 Å². The Bertz CT molecular complexity index is 790. The average Bonchev–Trinajstić information content (AvgIpc) is 2.86. The van der Waals surface area contributed by atoms with E-state index in [2.05, 4.69) is 10.3 Å². The summed E-state index contributed by atoms with van der Waals surface area (Å²) in [7, 11) is -3.25. The van der Waals surface area contributed by atoms with Gasteiger partial charge in [-0.3, -0.25) is 9.59 Å². The van der Waals surface area contributed by atoms with Gasteiger partial charge in [-0.25, -0.2) is 8.42 Å². The van der Waals surface area contributed by atoms with Crippen LogP contribution in [0.15, 0.2) is 28.4 Å². The maximum Gasteiger partial charge on any atom is 0.261 e. The Morgan fingerprint density at radius 2 is 2.13 bits per heavy atom. The Balaban J connectivity index is 1.71. The molecule has 2 unspecified atom stereocenters. The van der Waals surface area contributed by atoms with Gasteiger partial charge in [0.15, 0.2) is 9.84 Å². The number of ether oxygens (including phenoxy) is 1. The summed E-state index contributed by atoms with van der Waals surface area (Å²) in [5, 5.41) is 3.61. The van der Waals surface area contributed by atoms with Crippen molar-refractivity contribution >= 4 is 15.7 Å². The van der Waals surface area contributed by atoms with Gasteiger partial charge in [-0.2, -0.15) is 0 Å². The monoisotopic (exact) mass is 338 g/mol. The van der Waals surface area contributed by atoms with Gasteiger partial charge in [0.1, 0.15) is 5.56 Å². The zero-order chi connectivity index (χ0) is 16.4. The molecule has 0 aromatic carbocycles. The number of sulfone groups is 1. The molecule has 1 aromatic heterocycles. The van der Waals surface area contributed by atoms with Crippen LogP contribution >= 0.6 is 0 Å². The molecule has 0 radical (unpaired) electrons. The molecule has 1 amide bonds. The summed E-state index contributed by atoms with van der Waals surface area (Å²) in [6.45, 7) is 0.664. The number of amides is 1. The van der Waals surface area contributed by atoms with Crippen molar-refractivity contribution in [2.45, 2.75) is 31.4 Å². The van der Waals surface area contributed by atoms with E-state index in [0.29, 0.717) is 12.3 Å². The fourth-order valence-electron chi connectivity index (χ4n) is 2.75. The number of aromatic nitrogens is 1. The number of pyridine rings is 1. The van der Waals surface area contributed by atoms with E-state index in [0.717, 1.165) is 24.7 Å². The zero-order valence-electron chi connectivity index (χ0n) is 12.4. The van der Waals surface area contributed by atoms with Crippen molar-refractivity contribution in [1.29, 1.82) is 0 Å². The smallest absolute Gasteiger partial charge is 0.261 e. The summed E-state index contributed by atoms with van der Waals surface area (Å²) in [5.74, 6) is -0.765. The van der Waals surface area contributed by atoms with E-state index in [1.165, 1.54) is 12.1 Å². The fourth-order valence-corrected chi connectivity index (χ4v) is 3.99. The third-order valence-corrected chi connectivity index (χ3v) is 5.35. The van der Waals surface area contributed by atoms with Crippen LogP contribution in [0.4, 0.5) is 0 Å². The highest BCUT2D eigenvalue weighted by Gasteiger charge is 2.25. The lowest BCUT2D eigenvalue weighted by molar-refractivity contribution is 0.0122. The third-order valence-electron chi connectivity index (χ3n) is 3.95. The van der Waals surface area contributed by atoms with Crippen molar-refractivity contribution in [1.82, 2.24) is 10.3 Å². The Labute approximate surface area is 133 Å². The minimum Gasteiger partial charge on any atom is -0.372 e. The third kappa shape index (κ3) is 3.70. The van der Waals surface area contributed by atoms with E-state index >= 15 is 0 Å². The number of hydrogen-bond acceptors (Lipinski definition) is 5. The molecule has 2 aliphatic heterocycles. The van der Waals surface area contributed by atoms with Crippen molar-refractivity contribution in [3.8, 4) is 0 Å². The molecule has 1 aromatic rings. The summed E-state index contributed by atoms with van der Waals surface area (Å²) >= 11 is 0. The zero-order valence-corrected chi connectivity index (χ0v) is 13.3. The van der Waals surface area contributed by atoms with Gasteiger partial charge >= 0.3 is 0 Å².